The molecule has 1 aromatic rings. The molecule has 0 bridgehead atoms. The summed E-state index contributed by atoms with van der Waals surface area (Å²) in [6.07, 6.45) is 0. The lowest BCUT2D eigenvalue weighted by atomic mass is 10.2. The average Bonchev–Trinajstić information content (AvgIpc) is 2.54. The van der Waals surface area contributed by atoms with Crippen LogP contribution < -0.4 is 5.32 Å². The highest BCUT2D eigenvalue weighted by Crippen LogP contribution is 2.20. The lowest BCUT2D eigenvalue weighted by Gasteiger charge is -2.37. The predicted octanol–water partition coefficient (Wildman–Crippen LogP) is 1.59. The van der Waals surface area contributed by atoms with Crippen LogP contribution in [0.2, 0.25) is 0 Å². The predicted molar refractivity (Wildman–Crippen MR) is 78.2 cm³/mol. The molecule has 1 aliphatic rings. The Balaban J connectivity index is 1.99. The fraction of sp³-hybridized carbons (Fsp3) is 0.467. The molecule has 0 saturated carbocycles. The molecule has 5 nitrogen and oxygen atoms in total. The number of carbonyl (C=O) groups excluding carboxylic acids is 2. The van der Waals surface area contributed by atoms with Gasteiger partial charge < -0.3 is 10.2 Å². The van der Waals surface area contributed by atoms with Crippen LogP contribution in [0.3, 0.4) is 0 Å². The molecule has 0 aromatic heterocycles. The lowest BCUT2D eigenvalue weighted by molar-refractivity contribution is -0.131. The molecule has 1 N–H and O–H groups in total. The number of piperazine rings is 1. The van der Waals surface area contributed by atoms with E-state index in [2.05, 4.69) is 5.32 Å². The van der Waals surface area contributed by atoms with Gasteiger partial charge in [0.25, 0.3) is 0 Å². The van der Waals surface area contributed by atoms with E-state index in [1.54, 1.807) is 11.8 Å². The number of nitrogens with zero attached hydrogens (tertiary/aromatic N) is 2. The van der Waals surface area contributed by atoms with E-state index in [9.17, 15) is 22.8 Å². The van der Waals surface area contributed by atoms with Crippen molar-refractivity contribution in [2.75, 3.05) is 31.5 Å². The highest BCUT2D eigenvalue weighted by Gasteiger charge is 2.27. The van der Waals surface area contributed by atoms with Crippen LogP contribution in [0.5, 0.6) is 0 Å². The molecule has 1 aromatic carbocycles. The summed E-state index contributed by atoms with van der Waals surface area (Å²) in [5.74, 6) is -4.90. The first-order chi connectivity index (χ1) is 10.8. The van der Waals surface area contributed by atoms with E-state index in [1.807, 2.05) is 4.90 Å². The summed E-state index contributed by atoms with van der Waals surface area (Å²) >= 11 is 0. The Morgan fingerprint density at radius 1 is 1.09 bits per heavy atom. The molecule has 1 aliphatic heterocycles. The van der Waals surface area contributed by atoms with Crippen molar-refractivity contribution in [2.45, 2.75) is 19.9 Å². The summed E-state index contributed by atoms with van der Waals surface area (Å²) in [6.45, 7) is 5.15. The molecule has 0 spiro atoms. The Morgan fingerprint density at radius 2 is 1.70 bits per heavy atom. The first-order valence-electron chi connectivity index (χ1n) is 7.25. The Bertz CT molecular complexity index is 616. The van der Waals surface area contributed by atoms with Crippen molar-refractivity contribution >= 4 is 17.5 Å². The highest BCUT2D eigenvalue weighted by molar-refractivity contribution is 5.94. The summed E-state index contributed by atoms with van der Waals surface area (Å²) in [4.78, 5) is 26.9. The Labute approximate surface area is 132 Å². The summed E-state index contributed by atoms with van der Waals surface area (Å²) in [6, 6.07) is 1.15. The second-order valence-corrected chi connectivity index (χ2v) is 5.43. The normalized spacial score (nSPS) is 17.0. The number of benzene rings is 1. The average molecular weight is 329 g/mol. The van der Waals surface area contributed by atoms with Crippen molar-refractivity contribution in [3.8, 4) is 0 Å². The van der Waals surface area contributed by atoms with Gasteiger partial charge in [-0.3, -0.25) is 14.5 Å². The van der Waals surface area contributed by atoms with Gasteiger partial charge in [-0.05, 0) is 19.1 Å². The molecule has 0 radical (unpaired) electrons. The molecule has 0 aliphatic carbocycles. The SMILES string of the molecule is CC(=O)N1CCN([C@@H](C)C(=O)Nc2ccc(F)c(F)c2F)CC1. The van der Waals surface area contributed by atoms with E-state index in [-0.39, 0.29) is 5.91 Å². The Morgan fingerprint density at radius 3 is 2.26 bits per heavy atom. The summed E-state index contributed by atoms with van der Waals surface area (Å²) in [5.41, 5.74) is -0.400. The van der Waals surface area contributed by atoms with Crippen LogP contribution in [0.4, 0.5) is 18.9 Å². The van der Waals surface area contributed by atoms with Crippen molar-refractivity contribution in [1.82, 2.24) is 9.80 Å². The van der Waals surface area contributed by atoms with E-state index >= 15 is 0 Å². The van der Waals surface area contributed by atoms with Crippen LogP contribution in [0.15, 0.2) is 12.1 Å². The van der Waals surface area contributed by atoms with Gasteiger partial charge in [0.15, 0.2) is 17.5 Å². The zero-order valence-corrected chi connectivity index (χ0v) is 12.9. The molecule has 8 heteroatoms. The molecule has 23 heavy (non-hydrogen) atoms. The van der Waals surface area contributed by atoms with Gasteiger partial charge in [-0.15, -0.1) is 0 Å². The molecule has 2 amide bonds. The Hall–Kier alpha value is -2.09. The van der Waals surface area contributed by atoms with E-state index in [0.29, 0.717) is 26.2 Å². The highest BCUT2D eigenvalue weighted by atomic mass is 19.2. The van der Waals surface area contributed by atoms with Crippen LogP contribution in [-0.4, -0.2) is 53.8 Å². The maximum Gasteiger partial charge on any atom is 0.241 e. The zero-order chi connectivity index (χ0) is 17.1. The van der Waals surface area contributed by atoms with Crippen LogP contribution in [0.1, 0.15) is 13.8 Å². The van der Waals surface area contributed by atoms with Crippen LogP contribution in [0, 0.1) is 17.5 Å². The number of anilines is 1. The van der Waals surface area contributed by atoms with Gasteiger partial charge in [-0.2, -0.15) is 0 Å². The first kappa shape index (κ1) is 17.3. The quantitative estimate of drug-likeness (QED) is 0.857. The third-order valence-electron chi connectivity index (χ3n) is 3.98. The topological polar surface area (TPSA) is 52.7 Å². The van der Waals surface area contributed by atoms with Crippen molar-refractivity contribution in [3.05, 3.63) is 29.6 Å². The zero-order valence-electron chi connectivity index (χ0n) is 12.9. The fourth-order valence-corrected chi connectivity index (χ4v) is 2.45. The standard InChI is InChI=1S/C15H18F3N3O2/c1-9(20-5-7-21(8-6-20)10(2)22)15(23)19-12-4-3-11(16)13(17)14(12)18/h3-4,9H,5-8H2,1-2H3,(H,19,23)/t9-/m0/s1. The van der Waals surface area contributed by atoms with Crippen molar-refractivity contribution in [3.63, 3.8) is 0 Å². The molecule has 126 valence electrons. The number of nitrogens with one attached hydrogen (secondary N) is 1. The Kier molecular flexibility index (Phi) is 5.25. The molecule has 2 rings (SSSR count). The summed E-state index contributed by atoms with van der Waals surface area (Å²) in [5, 5.41) is 2.27. The van der Waals surface area contributed by atoms with Crippen LogP contribution >= 0.6 is 0 Å². The lowest BCUT2D eigenvalue weighted by Crippen LogP contribution is -2.53. The molecular weight excluding hydrogens is 311 g/mol. The minimum atomic E-state index is -1.62. The summed E-state index contributed by atoms with van der Waals surface area (Å²) in [7, 11) is 0. The number of hydrogen-bond donors (Lipinski definition) is 1. The molecular formula is C15H18F3N3O2. The van der Waals surface area contributed by atoms with Gasteiger partial charge in [-0.25, -0.2) is 13.2 Å². The van der Waals surface area contributed by atoms with Crippen molar-refractivity contribution in [1.29, 1.82) is 0 Å². The summed E-state index contributed by atoms with van der Waals surface area (Å²) < 4.78 is 39.6. The van der Waals surface area contributed by atoms with E-state index < -0.39 is 35.1 Å². The van der Waals surface area contributed by atoms with E-state index in [4.69, 9.17) is 0 Å². The second-order valence-electron chi connectivity index (χ2n) is 5.43. The minimum absolute atomic E-state index is 0.0226. The third kappa shape index (κ3) is 3.82. The number of rotatable bonds is 3. The molecule has 0 unspecified atom stereocenters. The maximum absolute atomic E-state index is 13.6. The van der Waals surface area contributed by atoms with E-state index in [0.717, 1.165) is 12.1 Å². The van der Waals surface area contributed by atoms with Crippen LogP contribution in [0.25, 0.3) is 0 Å². The number of halogens is 3. The fourth-order valence-electron chi connectivity index (χ4n) is 2.45. The number of carbonyl (C=O) groups is 2. The number of amides is 2. The minimum Gasteiger partial charge on any atom is -0.340 e. The van der Waals surface area contributed by atoms with Gasteiger partial charge in [0.05, 0.1) is 11.7 Å². The van der Waals surface area contributed by atoms with Crippen molar-refractivity contribution < 1.29 is 22.8 Å². The van der Waals surface area contributed by atoms with E-state index in [1.165, 1.54) is 6.92 Å². The number of hydrogen-bond acceptors (Lipinski definition) is 3. The van der Waals surface area contributed by atoms with Gasteiger partial charge in [-0.1, -0.05) is 0 Å². The molecule has 1 fully saturated rings. The van der Waals surface area contributed by atoms with Crippen molar-refractivity contribution in [2.24, 2.45) is 0 Å². The smallest absolute Gasteiger partial charge is 0.241 e. The molecule has 1 saturated heterocycles. The molecule has 1 heterocycles. The maximum atomic E-state index is 13.6. The third-order valence-corrected chi connectivity index (χ3v) is 3.98. The second kappa shape index (κ2) is 6.99. The largest absolute Gasteiger partial charge is 0.340 e. The van der Waals surface area contributed by atoms with Gasteiger partial charge in [0, 0.05) is 33.1 Å². The van der Waals surface area contributed by atoms with Crippen LogP contribution in [-0.2, 0) is 9.59 Å². The van der Waals surface area contributed by atoms with Gasteiger partial charge >= 0.3 is 0 Å². The first-order valence-corrected chi connectivity index (χ1v) is 7.25. The van der Waals surface area contributed by atoms with Gasteiger partial charge in [0.2, 0.25) is 11.8 Å². The van der Waals surface area contributed by atoms with Gasteiger partial charge in [0.1, 0.15) is 0 Å². The monoisotopic (exact) mass is 329 g/mol. The molecule has 1 atom stereocenters.